The molecule has 0 N–H and O–H groups in total. The highest BCUT2D eigenvalue weighted by Gasteiger charge is 2.55. The van der Waals surface area contributed by atoms with Crippen LogP contribution in [0.5, 0.6) is 0 Å². The summed E-state index contributed by atoms with van der Waals surface area (Å²) in [6.07, 6.45) is 2.50. The largest absolute Gasteiger partial charge is 0.378 e. The molecule has 1 unspecified atom stereocenters. The van der Waals surface area contributed by atoms with Gasteiger partial charge < -0.3 is 4.74 Å². The van der Waals surface area contributed by atoms with Gasteiger partial charge in [-0.25, -0.2) is 8.42 Å². The fourth-order valence-electron chi connectivity index (χ4n) is 4.12. The number of rotatable bonds is 3. The van der Waals surface area contributed by atoms with E-state index in [-0.39, 0.29) is 11.6 Å². The predicted octanol–water partition coefficient (Wildman–Crippen LogP) is 0.453. The second kappa shape index (κ2) is 5.95. The van der Waals surface area contributed by atoms with Crippen LogP contribution in [-0.2, 0) is 14.8 Å². The van der Waals surface area contributed by atoms with Gasteiger partial charge in [-0.2, -0.15) is 4.31 Å². The monoisotopic (exact) mass is 345 g/mol. The van der Waals surface area contributed by atoms with E-state index in [2.05, 4.69) is 30.6 Å². The Balaban J connectivity index is 1.69. The number of nitrogens with zero attached hydrogens (tertiary/aromatic N) is 3. The van der Waals surface area contributed by atoms with E-state index in [0.717, 1.165) is 32.8 Å². The minimum absolute atomic E-state index is 0.00629. The topological polar surface area (TPSA) is 53.1 Å². The molecule has 3 fully saturated rings. The molecule has 3 aliphatic rings. The minimum atomic E-state index is -3.14. The molecule has 3 heterocycles. The molecule has 0 aromatic carbocycles. The lowest BCUT2D eigenvalue weighted by Gasteiger charge is -2.63. The van der Waals surface area contributed by atoms with Gasteiger partial charge in [0.25, 0.3) is 0 Å². The second-order valence-corrected chi connectivity index (χ2v) is 10.7. The fourth-order valence-corrected chi connectivity index (χ4v) is 5.04. The van der Waals surface area contributed by atoms with Crippen LogP contribution in [0.2, 0.25) is 0 Å². The van der Waals surface area contributed by atoms with Crippen molar-refractivity contribution >= 4 is 10.0 Å². The maximum Gasteiger partial charge on any atom is 0.211 e. The molecule has 3 rings (SSSR count). The summed E-state index contributed by atoms with van der Waals surface area (Å²) in [5, 5.41) is 0. The molecule has 0 aromatic heterocycles. The average Bonchev–Trinajstić information content (AvgIpc) is 2.40. The highest BCUT2D eigenvalue weighted by atomic mass is 32.2. The summed E-state index contributed by atoms with van der Waals surface area (Å²) in [7, 11) is -3.14. The van der Waals surface area contributed by atoms with Crippen molar-refractivity contribution in [3.8, 4) is 0 Å². The van der Waals surface area contributed by atoms with E-state index in [0.29, 0.717) is 25.1 Å². The van der Waals surface area contributed by atoms with Gasteiger partial charge in [-0.05, 0) is 18.4 Å². The van der Waals surface area contributed by atoms with Gasteiger partial charge in [-0.15, -0.1) is 0 Å². The molecule has 23 heavy (non-hydrogen) atoms. The first-order valence-electron chi connectivity index (χ1n) is 8.61. The number of sulfonamides is 1. The maximum atomic E-state index is 12.1. The van der Waals surface area contributed by atoms with Gasteiger partial charge in [0.15, 0.2) is 0 Å². The van der Waals surface area contributed by atoms with E-state index in [1.807, 2.05) is 0 Å². The van der Waals surface area contributed by atoms with Crippen molar-refractivity contribution in [1.82, 2.24) is 14.1 Å². The highest BCUT2D eigenvalue weighted by Crippen LogP contribution is 2.37. The standard InChI is InChI=1S/C16H31N3O3S/c1-15(2,3)5-6-17-11-16(12-17)13-18(23(4,20)21)9-14-10-22-8-7-19(14)16/h14H,5-13H2,1-4H3. The second-order valence-electron chi connectivity index (χ2n) is 8.72. The van der Waals surface area contributed by atoms with Crippen LogP contribution >= 0.6 is 0 Å². The van der Waals surface area contributed by atoms with Crippen LogP contribution in [-0.4, -0.2) is 92.8 Å². The molecule has 0 saturated carbocycles. The Morgan fingerprint density at radius 1 is 1.22 bits per heavy atom. The molecular weight excluding hydrogens is 314 g/mol. The summed E-state index contributed by atoms with van der Waals surface area (Å²) < 4.78 is 31.4. The molecule has 6 nitrogen and oxygen atoms in total. The Morgan fingerprint density at radius 2 is 1.91 bits per heavy atom. The summed E-state index contributed by atoms with van der Waals surface area (Å²) in [5.41, 5.74) is 0.337. The van der Waals surface area contributed by atoms with Gasteiger partial charge in [0.05, 0.1) is 25.0 Å². The Morgan fingerprint density at radius 3 is 2.52 bits per heavy atom. The van der Waals surface area contributed by atoms with Crippen LogP contribution in [0, 0.1) is 5.41 Å². The van der Waals surface area contributed by atoms with Gasteiger partial charge in [0, 0.05) is 38.8 Å². The lowest BCUT2D eigenvalue weighted by molar-refractivity contribution is -0.153. The van der Waals surface area contributed by atoms with Crippen LogP contribution in [0.25, 0.3) is 0 Å². The van der Waals surface area contributed by atoms with E-state index in [9.17, 15) is 8.42 Å². The summed E-state index contributed by atoms with van der Waals surface area (Å²) >= 11 is 0. The number of fused-ring (bicyclic) bond motifs is 2. The minimum Gasteiger partial charge on any atom is -0.378 e. The number of ether oxygens (including phenoxy) is 1. The summed E-state index contributed by atoms with van der Waals surface area (Å²) in [4.78, 5) is 5.01. The van der Waals surface area contributed by atoms with Gasteiger partial charge >= 0.3 is 0 Å². The van der Waals surface area contributed by atoms with Crippen molar-refractivity contribution in [2.24, 2.45) is 5.41 Å². The summed E-state index contributed by atoms with van der Waals surface area (Å²) in [5.74, 6) is 0. The lowest BCUT2D eigenvalue weighted by Crippen LogP contribution is -2.80. The molecule has 3 aliphatic heterocycles. The van der Waals surface area contributed by atoms with Gasteiger partial charge in [0.2, 0.25) is 10.0 Å². The highest BCUT2D eigenvalue weighted by molar-refractivity contribution is 7.88. The van der Waals surface area contributed by atoms with Gasteiger partial charge in [0.1, 0.15) is 0 Å². The van der Waals surface area contributed by atoms with Crippen molar-refractivity contribution in [3.63, 3.8) is 0 Å². The van der Waals surface area contributed by atoms with E-state index >= 15 is 0 Å². The molecule has 7 heteroatoms. The number of hydrogen-bond donors (Lipinski definition) is 0. The van der Waals surface area contributed by atoms with Crippen molar-refractivity contribution in [1.29, 1.82) is 0 Å². The Labute approximate surface area is 140 Å². The van der Waals surface area contributed by atoms with Gasteiger partial charge in [-0.3, -0.25) is 9.80 Å². The number of hydrogen-bond acceptors (Lipinski definition) is 5. The zero-order chi connectivity index (χ0) is 16.9. The number of piperazine rings is 1. The first-order valence-corrected chi connectivity index (χ1v) is 10.5. The van der Waals surface area contributed by atoms with Crippen LogP contribution < -0.4 is 0 Å². The molecular formula is C16H31N3O3S. The first-order chi connectivity index (χ1) is 10.6. The van der Waals surface area contributed by atoms with Gasteiger partial charge in [-0.1, -0.05) is 20.8 Å². The molecule has 0 radical (unpaired) electrons. The summed E-state index contributed by atoms with van der Waals surface area (Å²) in [6.45, 7) is 13.4. The van der Waals surface area contributed by atoms with Crippen LogP contribution in [0.1, 0.15) is 27.2 Å². The predicted molar refractivity (Wildman–Crippen MR) is 91.0 cm³/mol. The zero-order valence-corrected chi connectivity index (χ0v) is 15.7. The zero-order valence-electron chi connectivity index (χ0n) is 14.9. The number of morpholine rings is 1. The van der Waals surface area contributed by atoms with Crippen molar-refractivity contribution in [3.05, 3.63) is 0 Å². The third kappa shape index (κ3) is 3.74. The first kappa shape index (κ1) is 17.6. The number of likely N-dealkylation sites (tertiary alicyclic amines) is 1. The smallest absolute Gasteiger partial charge is 0.211 e. The van der Waals surface area contributed by atoms with Crippen LogP contribution in [0.3, 0.4) is 0 Å². The normalized spacial score (nSPS) is 30.2. The SMILES string of the molecule is CC(C)(C)CCN1CC2(C1)CN(S(C)(=O)=O)CC1COCCN12. The Bertz CT molecular complexity index is 537. The van der Waals surface area contributed by atoms with Crippen molar-refractivity contribution in [2.45, 2.75) is 38.8 Å². The fraction of sp³-hybridized carbons (Fsp3) is 1.00. The maximum absolute atomic E-state index is 12.1. The van der Waals surface area contributed by atoms with E-state index in [1.165, 1.54) is 12.7 Å². The van der Waals surface area contributed by atoms with Crippen LogP contribution in [0.4, 0.5) is 0 Å². The van der Waals surface area contributed by atoms with Crippen molar-refractivity contribution in [2.75, 3.05) is 58.7 Å². The molecule has 0 aromatic rings. The van der Waals surface area contributed by atoms with E-state index in [1.54, 1.807) is 4.31 Å². The lowest BCUT2D eigenvalue weighted by atomic mass is 9.82. The van der Waals surface area contributed by atoms with Crippen LogP contribution in [0.15, 0.2) is 0 Å². The molecule has 0 bridgehead atoms. The summed E-state index contributed by atoms with van der Waals surface area (Å²) in [6, 6.07) is 0.206. The Hall–Kier alpha value is -0.210. The quantitative estimate of drug-likeness (QED) is 0.744. The average molecular weight is 346 g/mol. The van der Waals surface area contributed by atoms with E-state index < -0.39 is 10.0 Å². The van der Waals surface area contributed by atoms with Crippen molar-refractivity contribution < 1.29 is 13.2 Å². The molecule has 3 saturated heterocycles. The van der Waals surface area contributed by atoms with E-state index in [4.69, 9.17) is 4.74 Å². The molecule has 0 aliphatic carbocycles. The third-order valence-electron chi connectivity index (χ3n) is 5.40. The molecule has 134 valence electrons. The third-order valence-corrected chi connectivity index (χ3v) is 6.62. The molecule has 0 amide bonds. The molecule has 1 spiro atoms. The Kier molecular flexibility index (Phi) is 4.55. The molecule has 1 atom stereocenters.